The van der Waals surface area contributed by atoms with Crippen LogP contribution in [0.25, 0.3) is 0 Å². The number of rotatable bonds is 5. The van der Waals surface area contributed by atoms with Crippen molar-refractivity contribution in [1.82, 2.24) is 4.98 Å². The zero-order valence-corrected chi connectivity index (χ0v) is 12.1. The van der Waals surface area contributed by atoms with Gasteiger partial charge in [0.05, 0.1) is 12.2 Å². The highest BCUT2D eigenvalue weighted by atomic mass is 16.4. The number of aliphatic hydroxyl groups excluding tert-OH is 1. The third kappa shape index (κ3) is 2.81. The normalized spacial score (nSPS) is 18.4. The zero-order valence-electron chi connectivity index (χ0n) is 12.1. The summed E-state index contributed by atoms with van der Waals surface area (Å²) in [7, 11) is 0. The Labute approximate surface area is 124 Å². The molecule has 2 aliphatic rings. The zero-order chi connectivity index (χ0) is 14.8. The summed E-state index contributed by atoms with van der Waals surface area (Å²) >= 11 is 0. The van der Waals surface area contributed by atoms with Crippen LogP contribution in [0.3, 0.4) is 0 Å². The summed E-state index contributed by atoms with van der Waals surface area (Å²) in [5.74, 6) is 0.844. The number of pyridine rings is 1. The molecule has 114 valence electrons. The molecule has 0 spiro atoms. The molecule has 0 saturated heterocycles. The second kappa shape index (κ2) is 5.89. The molecule has 2 aliphatic carbocycles. The van der Waals surface area contributed by atoms with Gasteiger partial charge in [0.15, 0.2) is 5.84 Å². The van der Waals surface area contributed by atoms with Gasteiger partial charge in [-0.05, 0) is 50.2 Å². The van der Waals surface area contributed by atoms with E-state index in [2.05, 4.69) is 10.1 Å². The van der Waals surface area contributed by atoms with E-state index in [0.717, 1.165) is 50.0 Å². The van der Waals surface area contributed by atoms with Crippen LogP contribution in [0.5, 0.6) is 0 Å². The van der Waals surface area contributed by atoms with Crippen molar-refractivity contribution in [3.8, 4) is 0 Å². The summed E-state index contributed by atoms with van der Waals surface area (Å²) in [6.45, 7) is 0.604. The second-order valence-electron chi connectivity index (χ2n) is 5.81. The van der Waals surface area contributed by atoms with Crippen LogP contribution in [0.1, 0.15) is 42.5 Å². The summed E-state index contributed by atoms with van der Waals surface area (Å²) in [6, 6.07) is 2.43. The molecule has 1 aromatic rings. The van der Waals surface area contributed by atoms with Crippen molar-refractivity contribution < 1.29 is 10.3 Å². The predicted octanol–water partition coefficient (Wildman–Crippen LogP) is 1.02. The summed E-state index contributed by atoms with van der Waals surface area (Å²) < 4.78 is 0. The molecule has 21 heavy (non-hydrogen) atoms. The number of aryl methyl sites for hydroxylation is 2. The maximum absolute atomic E-state index is 9.32. The molecule has 1 saturated carbocycles. The fourth-order valence-corrected chi connectivity index (χ4v) is 3.04. The molecule has 1 fully saturated rings. The number of aliphatic hydroxyl groups is 1. The molecular formula is C15H22N4O2. The van der Waals surface area contributed by atoms with Crippen molar-refractivity contribution in [2.45, 2.75) is 44.6 Å². The minimum atomic E-state index is 0.0743. The third-order valence-electron chi connectivity index (χ3n) is 4.26. The Hall–Kier alpha value is -1.82. The fourth-order valence-electron chi connectivity index (χ4n) is 3.04. The van der Waals surface area contributed by atoms with E-state index < -0.39 is 0 Å². The van der Waals surface area contributed by atoms with E-state index in [-0.39, 0.29) is 12.4 Å². The highest BCUT2D eigenvalue weighted by Gasteiger charge is 2.32. The van der Waals surface area contributed by atoms with Crippen LogP contribution in [0.4, 0.5) is 5.82 Å². The molecule has 1 aromatic heterocycles. The van der Waals surface area contributed by atoms with E-state index in [0.29, 0.717) is 18.2 Å². The van der Waals surface area contributed by atoms with Crippen molar-refractivity contribution in [3.05, 3.63) is 22.9 Å². The molecule has 6 heteroatoms. The Kier molecular flexibility index (Phi) is 3.96. The summed E-state index contributed by atoms with van der Waals surface area (Å²) in [5, 5.41) is 21.5. The number of nitrogens with two attached hydrogens (primary N) is 1. The number of hydrogen-bond acceptors (Lipinski definition) is 5. The topological polar surface area (TPSA) is 95.0 Å². The number of anilines is 1. The van der Waals surface area contributed by atoms with Crippen LogP contribution in [0.2, 0.25) is 0 Å². The number of aromatic nitrogens is 1. The highest BCUT2D eigenvalue weighted by Crippen LogP contribution is 2.34. The summed E-state index contributed by atoms with van der Waals surface area (Å²) in [6.07, 6.45) is 6.51. The Morgan fingerprint density at radius 1 is 1.38 bits per heavy atom. The van der Waals surface area contributed by atoms with Crippen molar-refractivity contribution in [2.24, 2.45) is 10.9 Å². The number of nitrogens with zero attached hydrogens (tertiary/aromatic N) is 3. The minimum absolute atomic E-state index is 0.0743. The number of fused-ring (bicyclic) bond motifs is 1. The lowest BCUT2D eigenvalue weighted by atomic mass is 9.94. The molecule has 0 amide bonds. The molecule has 0 aromatic carbocycles. The van der Waals surface area contributed by atoms with Gasteiger partial charge in [0.1, 0.15) is 5.82 Å². The SMILES string of the molecule is NC(=NO)c1cc2c(nc1N(CCO)C1CC1)CCCC2. The Bertz CT molecular complexity index is 555. The van der Waals surface area contributed by atoms with Crippen LogP contribution in [0, 0.1) is 0 Å². The highest BCUT2D eigenvalue weighted by molar-refractivity contribution is 6.01. The molecule has 1 heterocycles. The van der Waals surface area contributed by atoms with Crippen LogP contribution < -0.4 is 10.6 Å². The van der Waals surface area contributed by atoms with Gasteiger partial charge in [0, 0.05) is 18.3 Å². The van der Waals surface area contributed by atoms with Gasteiger partial charge in [0.25, 0.3) is 0 Å². The number of oxime groups is 1. The first kappa shape index (κ1) is 14.1. The first-order valence-electron chi connectivity index (χ1n) is 7.62. The monoisotopic (exact) mass is 290 g/mol. The molecule has 3 rings (SSSR count). The summed E-state index contributed by atoms with van der Waals surface area (Å²) in [5.41, 5.74) is 8.85. The van der Waals surface area contributed by atoms with Gasteiger partial charge in [-0.3, -0.25) is 0 Å². The minimum Gasteiger partial charge on any atom is -0.409 e. The molecule has 0 bridgehead atoms. The molecule has 0 aliphatic heterocycles. The molecule has 6 nitrogen and oxygen atoms in total. The van der Waals surface area contributed by atoms with E-state index in [4.69, 9.17) is 15.9 Å². The predicted molar refractivity (Wildman–Crippen MR) is 80.8 cm³/mol. The molecule has 4 N–H and O–H groups in total. The molecule has 0 radical (unpaired) electrons. The lowest BCUT2D eigenvalue weighted by Crippen LogP contribution is -2.33. The van der Waals surface area contributed by atoms with Crippen molar-refractivity contribution in [1.29, 1.82) is 0 Å². The average molecular weight is 290 g/mol. The Morgan fingerprint density at radius 2 is 2.14 bits per heavy atom. The second-order valence-corrected chi connectivity index (χ2v) is 5.81. The van der Waals surface area contributed by atoms with E-state index >= 15 is 0 Å². The van der Waals surface area contributed by atoms with E-state index in [1.54, 1.807) is 0 Å². The van der Waals surface area contributed by atoms with Gasteiger partial charge in [-0.1, -0.05) is 5.16 Å². The van der Waals surface area contributed by atoms with Crippen molar-refractivity contribution in [3.63, 3.8) is 0 Å². The lowest BCUT2D eigenvalue weighted by Gasteiger charge is -2.27. The van der Waals surface area contributed by atoms with Gasteiger partial charge in [-0.15, -0.1) is 0 Å². The van der Waals surface area contributed by atoms with Crippen molar-refractivity contribution >= 4 is 11.7 Å². The van der Waals surface area contributed by atoms with Gasteiger partial charge in [-0.25, -0.2) is 4.98 Å². The largest absolute Gasteiger partial charge is 0.409 e. The maximum atomic E-state index is 9.32. The van der Waals surface area contributed by atoms with Gasteiger partial charge in [-0.2, -0.15) is 0 Å². The first-order chi connectivity index (χ1) is 10.2. The fraction of sp³-hybridized carbons (Fsp3) is 0.600. The van der Waals surface area contributed by atoms with E-state index in [1.807, 2.05) is 6.07 Å². The van der Waals surface area contributed by atoms with Crippen LogP contribution in [0.15, 0.2) is 11.2 Å². The maximum Gasteiger partial charge on any atom is 0.173 e. The Balaban J connectivity index is 2.06. The third-order valence-corrected chi connectivity index (χ3v) is 4.26. The number of hydrogen-bond donors (Lipinski definition) is 3. The lowest BCUT2D eigenvalue weighted by molar-refractivity contribution is 0.301. The summed E-state index contributed by atoms with van der Waals surface area (Å²) in [4.78, 5) is 6.90. The molecular weight excluding hydrogens is 268 g/mol. The van der Waals surface area contributed by atoms with Crippen LogP contribution in [-0.2, 0) is 12.8 Å². The van der Waals surface area contributed by atoms with Gasteiger partial charge < -0.3 is 20.9 Å². The number of amidine groups is 1. The first-order valence-corrected chi connectivity index (χ1v) is 7.62. The van der Waals surface area contributed by atoms with E-state index in [9.17, 15) is 5.11 Å². The quantitative estimate of drug-likeness (QED) is 0.326. The van der Waals surface area contributed by atoms with Gasteiger partial charge >= 0.3 is 0 Å². The Morgan fingerprint density at radius 3 is 2.81 bits per heavy atom. The molecule has 0 atom stereocenters. The van der Waals surface area contributed by atoms with Gasteiger partial charge in [0.2, 0.25) is 0 Å². The molecule has 0 unspecified atom stereocenters. The van der Waals surface area contributed by atoms with E-state index in [1.165, 1.54) is 5.56 Å². The van der Waals surface area contributed by atoms with Crippen molar-refractivity contribution in [2.75, 3.05) is 18.1 Å². The standard InChI is InChI=1S/C15H22N4O2/c16-14(18-21)12-9-10-3-1-2-4-13(10)17-15(12)19(7-8-20)11-5-6-11/h9,11,20-21H,1-8H2,(H2,16,18). The van der Waals surface area contributed by atoms with Crippen LogP contribution >= 0.6 is 0 Å². The smallest absolute Gasteiger partial charge is 0.173 e. The van der Waals surface area contributed by atoms with Crippen LogP contribution in [-0.4, -0.2) is 40.3 Å². The average Bonchev–Trinajstić information content (AvgIpc) is 3.35.